The maximum absolute atomic E-state index is 2.48. The van der Waals surface area contributed by atoms with Crippen LogP contribution in [0.4, 0.5) is 5.00 Å². The van der Waals surface area contributed by atoms with Crippen LogP contribution in [-0.4, -0.2) is 6.54 Å². The zero-order valence-corrected chi connectivity index (χ0v) is 17.0. The van der Waals surface area contributed by atoms with E-state index in [9.17, 15) is 0 Å². The number of likely N-dealkylation sites (N-methyl/N-ethyl adjacent to an activating group) is 1. The van der Waals surface area contributed by atoms with Gasteiger partial charge in [0.1, 0.15) is 0 Å². The van der Waals surface area contributed by atoms with Crippen molar-refractivity contribution in [2.75, 3.05) is 11.4 Å². The van der Waals surface area contributed by atoms with E-state index in [0.29, 0.717) is 10.8 Å². The second kappa shape index (κ2) is 6.47. The largest absolute Gasteiger partial charge is 0.334 e. The summed E-state index contributed by atoms with van der Waals surface area (Å²) in [6.45, 7) is 19.5. The van der Waals surface area contributed by atoms with Crippen LogP contribution < -0.4 is 4.90 Å². The molecule has 0 fully saturated rings. The Balaban J connectivity index is 2.65. The van der Waals surface area contributed by atoms with Crippen molar-refractivity contribution >= 4 is 16.3 Å². The summed E-state index contributed by atoms with van der Waals surface area (Å²) in [6.07, 6.45) is 9.13. The SMILES string of the molecule is CC=CC(=CC)N(CC)c1sc2c(c1C)C(C)(C)CCC2(C)C. The Bertz CT molecular complexity index is 629. The zero-order chi connectivity index (χ0) is 17.4. The topological polar surface area (TPSA) is 3.24 Å². The first-order chi connectivity index (χ1) is 10.7. The molecule has 1 aromatic heterocycles. The van der Waals surface area contributed by atoms with Gasteiger partial charge in [0.2, 0.25) is 0 Å². The normalized spacial score (nSPS) is 19.9. The molecule has 0 N–H and O–H groups in total. The number of thiophene rings is 1. The van der Waals surface area contributed by atoms with Gasteiger partial charge in [0.05, 0.1) is 5.00 Å². The highest BCUT2D eigenvalue weighted by atomic mass is 32.1. The van der Waals surface area contributed by atoms with E-state index in [1.54, 1.807) is 10.4 Å². The Morgan fingerprint density at radius 3 is 2.22 bits per heavy atom. The summed E-state index contributed by atoms with van der Waals surface area (Å²) in [5, 5.41) is 1.44. The number of anilines is 1. The Hall–Kier alpha value is -1.02. The van der Waals surface area contributed by atoms with Gasteiger partial charge < -0.3 is 4.90 Å². The molecule has 0 atom stereocenters. The van der Waals surface area contributed by atoms with Crippen molar-refractivity contribution in [1.82, 2.24) is 0 Å². The molecule has 1 heterocycles. The van der Waals surface area contributed by atoms with Gasteiger partial charge >= 0.3 is 0 Å². The molecule has 0 saturated carbocycles. The van der Waals surface area contributed by atoms with Crippen molar-refractivity contribution in [3.63, 3.8) is 0 Å². The third-order valence-corrected chi connectivity index (χ3v) is 6.98. The smallest absolute Gasteiger partial charge is 0.0988 e. The molecule has 1 aliphatic carbocycles. The van der Waals surface area contributed by atoms with Crippen molar-refractivity contribution < 1.29 is 0 Å². The van der Waals surface area contributed by atoms with E-state index in [2.05, 4.69) is 78.5 Å². The molecule has 0 aliphatic heterocycles. The molecule has 2 heteroatoms. The van der Waals surface area contributed by atoms with Crippen LogP contribution in [0.3, 0.4) is 0 Å². The van der Waals surface area contributed by atoms with E-state index >= 15 is 0 Å². The predicted molar refractivity (Wildman–Crippen MR) is 106 cm³/mol. The third-order valence-electron chi connectivity index (χ3n) is 5.29. The van der Waals surface area contributed by atoms with E-state index in [4.69, 9.17) is 0 Å². The minimum absolute atomic E-state index is 0.291. The van der Waals surface area contributed by atoms with Gasteiger partial charge in [-0.3, -0.25) is 0 Å². The lowest BCUT2D eigenvalue weighted by Crippen LogP contribution is -2.32. The lowest BCUT2D eigenvalue weighted by Gasteiger charge is -2.39. The van der Waals surface area contributed by atoms with E-state index in [0.717, 1.165) is 6.54 Å². The molecule has 0 radical (unpaired) electrons. The standard InChI is InChI=1S/C21H33NS/c1-9-12-16(10-2)22(11-3)19-15(4)17-18(23-19)21(7,8)14-13-20(17,5)6/h9-10,12H,11,13-14H2,1-8H3. The summed E-state index contributed by atoms with van der Waals surface area (Å²) in [7, 11) is 0. The van der Waals surface area contributed by atoms with Gasteiger partial charge in [-0.25, -0.2) is 0 Å². The molecule has 0 saturated heterocycles. The predicted octanol–water partition coefficient (Wildman–Crippen LogP) is 6.71. The maximum atomic E-state index is 2.48. The summed E-state index contributed by atoms with van der Waals surface area (Å²) in [4.78, 5) is 4.08. The van der Waals surface area contributed by atoms with Gasteiger partial charge in [-0.2, -0.15) is 0 Å². The van der Waals surface area contributed by atoms with Gasteiger partial charge in [-0.1, -0.05) is 39.8 Å². The minimum atomic E-state index is 0.291. The van der Waals surface area contributed by atoms with Crippen LogP contribution in [-0.2, 0) is 10.8 Å². The van der Waals surface area contributed by atoms with Crippen molar-refractivity contribution in [1.29, 1.82) is 0 Å². The van der Waals surface area contributed by atoms with E-state index in [1.165, 1.54) is 29.1 Å². The molecular formula is C21H33NS. The van der Waals surface area contributed by atoms with E-state index < -0.39 is 0 Å². The molecule has 0 spiro atoms. The molecular weight excluding hydrogens is 298 g/mol. The molecule has 1 aliphatic rings. The quantitative estimate of drug-likeness (QED) is 0.554. The van der Waals surface area contributed by atoms with Crippen LogP contribution in [0.15, 0.2) is 23.9 Å². The Kier molecular flexibility index (Phi) is 5.15. The molecule has 0 aromatic carbocycles. The summed E-state index contributed by atoms with van der Waals surface area (Å²) in [5.74, 6) is 0. The molecule has 23 heavy (non-hydrogen) atoms. The van der Waals surface area contributed by atoms with Crippen LogP contribution in [0.2, 0.25) is 0 Å². The number of allylic oxidation sites excluding steroid dienone is 3. The number of fused-ring (bicyclic) bond motifs is 1. The first-order valence-corrected chi connectivity index (χ1v) is 9.72. The van der Waals surface area contributed by atoms with Crippen LogP contribution in [0.25, 0.3) is 0 Å². The highest BCUT2D eigenvalue weighted by Gasteiger charge is 2.41. The van der Waals surface area contributed by atoms with Crippen molar-refractivity contribution in [2.45, 2.75) is 79.1 Å². The summed E-state index contributed by atoms with van der Waals surface area (Å²) in [5.41, 5.74) is 5.00. The average Bonchev–Trinajstić information content (AvgIpc) is 2.84. The highest BCUT2D eigenvalue weighted by molar-refractivity contribution is 7.16. The molecule has 1 nitrogen and oxygen atoms in total. The van der Waals surface area contributed by atoms with Crippen molar-refractivity contribution in [3.8, 4) is 0 Å². The number of hydrogen-bond donors (Lipinski definition) is 0. The molecule has 128 valence electrons. The number of hydrogen-bond acceptors (Lipinski definition) is 2. The molecule has 0 bridgehead atoms. The first-order valence-electron chi connectivity index (χ1n) is 8.90. The number of rotatable bonds is 4. The van der Waals surface area contributed by atoms with E-state index in [1.807, 2.05) is 11.3 Å². The van der Waals surface area contributed by atoms with Crippen LogP contribution in [0, 0.1) is 6.92 Å². The Morgan fingerprint density at radius 1 is 1.13 bits per heavy atom. The number of nitrogens with zero attached hydrogens (tertiary/aromatic N) is 1. The van der Waals surface area contributed by atoms with Crippen LogP contribution >= 0.6 is 11.3 Å². The van der Waals surface area contributed by atoms with Crippen LogP contribution in [0.1, 0.15) is 77.3 Å². The van der Waals surface area contributed by atoms with E-state index in [-0.39, 0.29) is 0 Å². The third kappa shape index (κ3) is 3.15. The molecule has 0 unspecified atom stereocenters. The summed E-state index contributed by atoms with van der Waals surface area (Å²) < 4.78 is 0. The van der Waals surface area contributed by atoms with Gasteiger partial charge in [0.15, 0.2) is 0 Å². The fourth-order valence-corrected chi connectivity index (χ4v) is 5.57. The van der Waals surface area contributed by atoms with Crippen molar-refractivity contribution in [2.24, 2.45) is 0 Å². The first kappa shape index (κ1) is 18.3. The molecule has 0 amide bonds. The minimum Gasteiger partial charge on any atom is -0.334 e. The Labute approximate surface area is 147 Å². The summed E-state index contributed by atoms with van der Waals surface area (Å²) >= 11 is 2.02. The second-order valence-corrected chi connectivity index (χ2v) is 8.96. The van der Waals surface area contributed by atoms with Gasteiger partial charge in [-0.05, 0) is 68.6 Å². The summed E-state index contributed by atoms with van der Waals surface area (Å²) in [6, 6.07) is 0. The van der Waals surface area contributed by atoms with Gasteiger partial charge in [0.25, 0.3) is 0 Å². The fourth-order valence-electron chi connectivity index (χ4n) is 3.87. The monoisotopic (exact) mass is 331 g/mol. The maximum Gasteiger partial charge on any atom is 0.0988 e. The Morgan fingerprint density at radius 2 is 1.74 bits per heavy atom. The van der Waals surface area contributed by atoms with Gasteiger partial charge in [0, 0.05) is 17.1 Å². The van der Waals surface area contributed by atoms with Crippen molar-refractivity contribution in [3.05, 3.63) is 39.9 Å². The highest BCUT2D eigenvalue weighted by Crippen LogP contribution is 2.53. The fraction of sp³-hybridized carbons (Fsp3) is 0.619. The molecule has 1 aromatic rings. The second-order valence-electron chi connectivity index (χ2n) is 7.96. The van der Waals surface area contributed by atoms with Gasteiger partial charge in [-0.15, -0.1) is 11.3 Å². The molecule has 2 rings (SSSR count). The zero-order valence-electron chi connectivity index (χ0n) is 16.2. The lowest BCUT2D eigenvalue weighted by atomic mass is 9.66. The van der Waals surface area contributed by atoms with Crippen LogP contribution in [0.5, 0.6) is 0 Å². The lowest BCUT2D eigenvalue weighted by molar-refractivity contribution is 0.337. The average molecular weight is 332 g/mol.